The number of aromatic nitrogens is 4. The zero-order valence-electron chi connectivity index (χ0n) is 22.1. The van der Waals surface area contributed by atoms with Gasteiger partial charge in [-0.05, 0) is 70.4 Å². The first-order chi connectivity index (χ1) is 20.3. The van der Waals surface area contributed by atoms with Gasteiger partial charge < -0.3 is 0 Å². The molecule has 0 atom stereocenters. The second-order valence-electron chi connectivity index (χ2n) is 10.2. The van der Waals surface area contributed by atoms with Crippen LogP contribution in [-0.4, -0.2) is 19.5 Å². The van der Waals surface area contributed by atoms with Crippen LogP contribution in [0, 0.1) is 0 Å². The molecule has 0 N–H and O–H groups in total. The molecule has 0 bridgehead atoms. The second-order valence-corrected chi connectivity index (χ2v) is 10.2. The summed E-state index contributed by atoms with van der Waals surface area (Å²) in [5, 5.41) is 4.76. The van der Waals surface area contributed by atoms with Crippen molar-refractivity contribution < 1.29 is 0 Å². The fourth-order valence-corrected chi connectivity index (χ4v) is 5.72. The Labute approximate surface area is 237 Å². The highest BCUT2D eigenvalue weighted by molar-refractivity contribution is 6.08. The number of pyridine rings is 3. The van der Waals surface area contributed by atoms with Crippen molar-refractivity contribution in [3.05, 3.63) is 146 Å². The molecule has 4 aromatic heterocycles. The van der Waals surface area contributed by atoms with Crippen molar-refractivity contribution in [1.82, 2.24) is 19.5 Å². The van der Waals surface area contributed by atoms with E-state index in [4.69, 9.17) is 9.97 Å². The summed E-state index contributed by atoms with van der Waals surface area (Å²) in [5.41, 5.74) is 8.20. The summed E-state index contributed by atoms with van der Waals surface area (Å²) < 4.78 is 2.20. The number of hydrogen-bond donors (Lipinski definition) is 0. The van der Waals surface area contributed by atoms with Crippen LogP contribution in [0.1, 0.15) is 0 Å². The van der Waals surface area contributed by atoms with Crippen LogP contribution in [0.25, 0.3) is 72.2 Å². The molecule has 4 aromatic carbocycles. The summed E-state index contributed by atoms with van der Waals surface area (Å²) in [7, 11) is 0. The Balaban J connectivity index is 1.19. The Morgan fingerprint density at radius 2 is 1.15 bits per heavy atom. The molecule has 0 radical (unpaired) electrons. The second kappa shape index (κ2) is 9.54. The third-order valence-corrected chi connectivity index (χ3v) is 7.69. The van der Waals surface area contributed by atoms with Crippen molar-refractivity contribution in [2.75, 3.05) is 0 Å². The van der Waals surface area contributed by atoms with Crippen molar-refractivity contribution in [3.63, 3.8) is 0 Å². The molecule has 0 saturated heterocycles. The minimum Gasteiger partial charge on any atom is -0.294 e. The molecule has 4 nitrogen and oxygen atoms in total. The summed E-state index contributed by atoms with van der Waals surface area (Å²) in [4.78, 5) is 14.5. The van der Waals surface area contributed by atoms with Crippen LogP contribution in [-0.2, 0) is 0 Å². The quantitative estimate of drug-likeness (QED) is 0.231. The maximum Gasteiger partial charge on any atom is 0.138 e. The predicted octanol–water partition coefficient (Wildman–Crippen LogP) is 9.12. The number of fused-ring (bicyclic) bond motifs is 4. The molecule has 192 valence electrons. The molecule has 8 aromatic rings. The molecule has 0 aliphatic heterocycles. The molecule has 0 spiro atoms. The lowest BCUT2D eigenvalue weighted by Gasteiger charge is -2.10. The smallest absolute Gasteiger partial charge is 0.138 e. The summed E-state index contributed by atoms with van der Waals surface area (Å²) in [5.74, 6) is 0.852. The normalized spacial score (nSPS) is 11.4. The number of benzene rings is 4. The van der Waals surface area contributed by atoms with Crippen molar-refractivity contribution in [3.8, 4) is 39.6 Å². The zero-order valence-corrected chi connectivity index (χ0v) is 22.1. The van der Waals surface area contributed by atoms with Crippen molar-refractivity contribution in [2.45, 2.75) is 0 Å². The van der Waals surface area contributed by atoms with Crippen LogP contribution >= 0.6 is 0 Å². The van der Waals surface area contributed by atoms with Gasteiger partial charge in [-0.1, -0.05) is 84.9 Å². The van der Waals surface area contributed by atoms with Gasteiger partial charge in [0.25, 0.3) is 0 Å². The molecule has 0 amide bonds. The van der Waals surface area contributed by atoms with E-state index in [1.165, 1.54) is 21.9 Å². The molecule has 0 aliphatic carbocycles. The third kappa shape index (κ3) is 4.05. The average Bonchev–Trinajstić information content (AvgIpc) is 3.39. The molecule has 0 fully saturated rings. The molecular formula is C37H24N4. The molecule has 4 heteroatoms. The maximum atomic E-state index is 5.09. The van der Waals surface area contributed by atoms with Crippen LogP contribution in [0.4, 0.5) is 0 Å². The van der Waals surface area contributed by atoms with Crippen molar-refractivity contribution in [1.29, 1.82) is 0 Å². The lowest BCUT2D eigenvalue weighted by molar-refractivity contribution is 1.08. The Bertz CT molecular complexity index is 2170. The molecular weight excluding hydrogens is 500 g/mol. The Morgan fingerprint density at radius 3 is 2.10 bits per heavy atom. The lowest BCUT2D eigenvalue weighted by atomic mass is 9.98. The van der Waals surface area contributed by atoms with E-state index in [1.54, 1.807) is 0 Å². The van der Waals surface area contributed by atoms with Gasteiger partial charge in [-0.15, -0.1) is 0 Å². The summed E-state index contributed by atoms with van der Waals surface area (Å²) in [6.07, 6.45) is 3.76. The summed E-state index contributed by atoms with van der Waals surface area (Å²) in [6.45, 7) is 0. The molecule has 41 heavy (non-hydrogen) atoms. The van der Waals surface area contributed by atoms with E-state index in [2.05, 4.69) is 113 Å². The van der Waals surface area contributed by atoms with Gasteiger partial charge >= 0.3 is 0 Å². The lowest BCUT2D eigenvalue weighted by Crippen LogP contribution is -1.99. The Hall–Kier alpha value is -5.61. The highest BCUT2D eigenvalue weighted by atomic mass is 15.1. The summed E-state index contributed by atoms with van der Waals surface area (Å²) >= 11 is 0. The number of para-hydroxylation sites is 1. The highest BCUT2D eigenvalue weighted by Crippen LogP contribution is 2.32. The standard InChI is InChI=1S/C37H24N4/c1-2-9-26-22-28(19-18-25(26)8-1)27-10-5-11-29(23-27)32-13-6-14-33(39-32)34-15-7-17-37(40-34)41-35-16-4-3-12-30(35)31-24-38-21-20-36(31)41/h1-24H. The molecule has 0 saturated carbocycles. The van der Waals surface area contributed by atoms with Gasteiger partial charge in [-0.3, -0.25) is 9.55 Å². The highest BCUT2D eigenvalue weighted by Gasteiger charge is 2.14. The number of nitrogens with zero attached hydrogens (tertiary/aromatic N) is 4. The van der Waals surface area contributed by atoms with E-state index in [1.807, 2.05) is 42.7 Å². The van der Waals surface area contributed by atoms with Crippen LogP contribution < -0.4 is 0 Å². The Kier molecular flexibility index (Phi) is 5.42. The average molecular weight is 525 g/mol. The van der Waals surface area contributed by atoms with E-state index in [-0.39, 0.29) is 0 Å². The van der Waals surface area contributed by atoms with Crippen molar-refractivity contribution >= 4 is 32.6 Å². The van der Waals surface area contributed by atoms with Gasteiger partial charge in [0.1, 0.15) is 5.82 Å². The molecule has 4 heterocycles. The van der Waals surface area contributed by atoms with Gasteiger partial charge in [0, 0.05) is 28.7 Å². The first-order valence-electron chi connectivity index (χ1n) is 13.7. The first kappa shape index (κ1) is 23.3. The van der Waals surface area contributed by atoms with E-state index in [0.717, 1.165) is 50.3 Å². The fraction of sp³-hybridized carbons (Fsp3) is 0. The number of hydrogen-bond acceptors (Lipinski definition) is 3. The van der Waals surface area contributed by atoms with E-state index in [0.29, 0.717) is 0 Å². The van der Waals surface area contributed by atoms with Crippen molar-refractivity contribution in [2.24, 2.45) is 0 Å². The van der Waals surface area contributed by atoms with Gasteiger partial charge in [-0.2, -0.15) is 0 Å². The van der Waals surface area contributed by atoms with Crippen LogP contribution in [0.3, 0.4) is 0 Å². The molecule has 8 rings (SSSR count). The van der Waals surface area contributed by atoms with Gasteiger partial charge in [0.15, 0.2) is 0 Å². The largest absolute Gasteiger partial charge is 0.294 e. The summed E-state index contributed by atoms with van der Waals surface area (Å²) in [6, 6.07) is 46.4. The molecule has 0 unspecified atom stereocenters. The fourth-order valence-electron chi connectivity index (χ4n) is 5.72. The SMILES string of the molecule is c1cc(-c2ccc3ccccc3c2)cc(-c2cccc(-c3cccc(-n4c5ccccc5c5cnccc54)n3)n2)c1. The van der Waals surface area contributed by atoms with Crippen LogP contribution in [0.2, 0.25) is 0 Å². The van der Waals surface area contributed by atoms with Crippen LogP contribution in [0.15, 0.2) is 146 Å². The predicted molar refractivity (Wildman–Crippen MR) is 168 cm³/mol. The minimum absolute atomic E-state index is 0.829. The van der Waals surface area contributed by atoms with E-state index >= 15 is 0 Å². The monoisotopic (exact) mass is 524 g/mol. The number of rotatable bonds is 4. The van der Waals surface area contributed by atoms with Gasteiger partial charge in [0.2, 0.25) is 0 Å². The maximum absolute atomic E-state index is 5.09. The van der Waals surface area contributed by atoms with Gasteiger partial charge in [-0.25, -0.2) is 9.97 Å². The minimum atomic E-state index is 0.829. The molecule has 0 aliphatic rings. The first-order valence-corrected chi connectivity index (χ1v) is 13.7. The van der Waals surface area contributed by atoms with E-state index < -0.39 is 0 Å². The van der Waals surface area contributed by atoms with Gasteiger partial charge in [0.05, 0.1) is 28.1 Å². The van der Waals surface area contributed by atoms with E-state index in [9.17, 15) is 0 Å². The topological polar surface area (TPSA) is 43.6 Å². The third-order valence-electron chi connectivity index (χ3n) is 7.69. The Morgan fingerprint density at radius 1 is 0.439 bits per heavy atom. The van der Waals surface area contributed by atoms with Crippen LogP contribution in [0.5, 0.6) is 0 Å². The zero-order chi connectivity index (χ0) is 27.2.